The number of rotatable bonds is 2. The van der Waals surface area contributed by atoms with Gasteiger partial charge in [-0.15, -0.1) is 0 Å². The van der Waals surface area contributed by atoms with Crippen LogP contribution in [0.5, 0.6) is 0 Å². The minimum atomic E-state index is 0.511. The van der Waals surface area contributed by atoms with Gasteiger partial charge in [0, 0.05) is 13.1 Å². The lowest BCUT2D eigenvalue weighted by molar-refractivity contribution is 0.353. The summed E-state index contributed by atoms with van der Waals surface area (Å²) in [5.74, 6) is 1.45. The van der Waals surface area contributed by atoms with Gasteiger partial charge in [-0.1, -0.05) is 20.8 Å². The monoisotopic (exact) mass is 278 g/mol. The molecule has 1 aliphatic rings. The largest absolute Gasteiger partial charge is 0.328 e. The van der Waals surface area contributed by atoms with Crippen LogP contribution in [0.25, 0.3) is 11.2 Å². The summed E-state index contributed by atoms with van der Waals surface area (Å²) in [6.07, 6.45) is 3.44. The maximum absolute atomic E-state index is 5.57. The molecular weight excluding hydrogens is 256 g/mol. The summed E-state index contributed by atoms with van der Waals surface area (Å²) < 4.78 is 5.14. The van der Waals surface area contributed by atoms with E-state index < -0.39 is 0 Å². The number of imidazole rings is 1. The number of nitrogens with one attached hydrogen (secondary N) is 1. The van der Waals surface area contributed by atoms with Gasteiger partial charge >= 0.3 is 0 Å². The molecule has 2 heterocycles. The van der Waals surface area contributed by atoms with Gasteiger partial charge in [-0.2, -0.15) is 5.10 Å². The Balaban J connectivity index is 2.21. The third-order valence-electron chi connectivity index (χ3n) is 4.86. The molecule has 0 radical (unpaired) electrons. The SMILES string of the molecule is CCc1nn(C)c2c1[nH]c(=S)n2C1CCC(C)C1C. The maximum atomic E-state index is 5.57. The van der Waals surface area contributed by atoms with Gasteiger partial charge < -0.3 is 4.98 Å². The third kappa shape index (κ3) is 1.78. The molecular formula is C14H22N4S. The molecule has 3 unspecified atom stereocenters. The van der Waals surface area contributed by atoms with Crippen molar-refractivity contribution in [3.8, 4) is 0 Å². The van der Waals surface area contributed by atoms with Crippen molar-refractivity contribution in [3.63, 3.8) is 0 Å². The van der Waals surface area contributed by atoms with E-state index in [4.69, 9.17) is 12.2 Å². The normalized spacial score (nSPS) is 27.5. The first-order valence-electron chi connectivity index (χ1n) is 7.20. The zero-order valence-electron chi connectivity index (χ0n) is 12.1. The number of hydrogen-bond acceptors (Lipinski definition) is 2. The fourth-order valence-electron chi connectivity index (χ4n) is 3.50. The fourth-order valence-corrected chi connectivity index (χ4v) is 3.82. The molecule has 0 spiro atoms. The Morgan fingerprint density at radius 2 is 2.11 bits per heavy atom. The van der Waals surface area contributed by atoms with Crippen molar-refractivity contribution in [2.75, 3.05) is 0 Å². The van der Waals surface area contributed by atoms with Crippen LogP contribution in [0.3, 0.4) is 0 Å². The van der Waals surface area contributed by atoms with E-state index >= 15 is 0 Å². The molecule has 1 fully saturated rings. The van der Waals surface area contributed by atoms with Crippen molar-refractivity contribution in [2.45, 2.75) is 46.1 Å². The molecule has 1 aliphatic carbocycles. The summed E-state index contributed by atoms with van der Waals surface area (Å²) in [4.78, 5) is 3.37. The van der Waals surface area contributed by atoms with Crippen molar-refractivity contribution in [3.05, 3.63) is 10.5 Å². The molecule has 1 N–H and O–H groups in total. The van der Waals surface area contributed by atoms with Crippen LogP contribution < -0.4 is 0 Å². The van der Waals surface area contributed by atoms with E-state index in [2.05, 4.69) is 35.4 Å². The van der Waals surface area contributed by atoms with E-state index in [0.717, 1.165) is 34.0 Å². The Kier molecular flexibility index (Phi) is 3.04. The zero-order chi connectivity index (χ0) is 13.7. The maximum Gasteiger partial charge on any atom is 0.179 e. The molecule has 5 heteroatoms. The van der Waals surface area contributed by atoms with E-state index in [1.54, 1.807) is 0 Å². The molecule has 19 heavy (non-hydrogen) atoms. The van der Waals surface area contributed by atoms with Crippen LogP contribution in [0.1, 0.15) is 45.3 Å². The number of aryl methyl sites for hydroxylation is 2. The highest BCUT2D eigenvalue weighted by molar-refractivity contribution is 7.71. The third-order valence-corrected chi connectivity index (χ3v) is 5.16. The minimum absolute atomic E-state index is 0.511. The molecule has 0 aliphatic heterocycles. The molecule has 3 rings (SSSR count). The first-order chi connectivity index (χ1) is 9.04. The highest BCUT2D eigenvalue weighted by atomic mass is 32.1. The number of hydrogen-bond donors (Lipinski definition) is 1. The van der Waals surface area contributed by atoms with Gasteiger partial charge in [0.2, 0.25) is 0 Å². The van der Waals surface area contributed by atoms with Crippen LogP contribution in [0.15, 0.2) is 0 Å². The summed E-state index contributed by atoms with van der Waals surface area (Å²) in [5.41, 5.74) is 3.40. The van der Waals surface area contributed by atoms with E-state index in [1.165, 1.54) is 12.8 Å². The average Bonchev–Trinajstić information content (AvgIpc) is 2.97. The summed E-state index contributed by atoms with van der Waals surface area (Å²) >= 11 is 5.57. The number of nitrogens with zero attached hydrogens (tertiary/aromatic N) is 3. The lowest BCUT2D eigenvalue weighted by atomic mass is 9.98. The van der Waals surface area contributed by atoms with E-state index in [-0.39, 0.29) is 0 Å². The second-order valence-corrected chi connectivity index (χ2v) is 6.29. The van der Waals surface area contributed by atoms with Crippen LogP contribution in [-0.4, -0.2) is 19.3 Å². The number of fused-ring (bicyclic) bond motifs is 1. The summed E-state index contributed by atoms with van der Waals surface area (Å²) in [6, 6.07) is 0.511. The standard InChI is InChI=1S/C14H22N4S/c1-5-10-12-13(17(4)16-10)18(14(19)15-12)11-7-6-8(2)9(11)3/h8-9,11H,5-7H2,1-4H3,(H,15,19). The van der Waals surface area contributed by atoms with E-state index in [1.807, 2.05) is 11.7 Å². The Morgan fingerprint density at radius 3 is 2.68 bits per heavy atom. The Bertz CT molecular complexity index is 663. The molecule has 2 aromatic heterocycles. The topological polar surface area (TPSA) is 38.5 Å². The van der Waals surface area contributed by atoms with Crippen molar-refractivity contribution in [2.24, 2.45) is 18.9 Å². The van der Waals surface area contributed by atoms with Crippen LogP contribution in [0, 0.1) is 16.6 Å². The highest BCUT2D eigenvalue weighted by Gasteiger charge is 2.33. The Morgan fingerprint density at radius 1 is 1.37 bits per heavy atom. The number of aromatic nitrogens is 4. The van der Waals surface area contributed by atoms with Crippen molar-refractivity contribution < 1.29 is 0 Å². The highest BCUT2D eigenvalue weighted by Crippen LogP contribution is 2.41. The molecule has 0 bridgehead atoms. The zero-order valence-corrected chi connectivity index (χ0v) is 12.9. The number of H-pyrrole nitrogens is 1. The lowest BCUT2D eigenvalue weighted by Gasteiger charge is -2.20. The molecule has 3 atom stereocenters. The second kappa shape index (κ2) is 4.47. The summed E-state index contributed by atoms with van der Waals surface area (Å²) in [7, 11) is 2.02. The molecule has 1 saturated carbocycles. The van der Waals surface area contributed by atoms with Crippen LogP contribution in [-0.2, 0) is 13.5 Å². The summed E-state index contributed by atoms with van der Waals surface area (Å²) in [5, 5.41) is 4.60. The van der Waals surface area contributed by atoms with Gasteiger partial charge in [0.25, 0.3) is 0 Å². The van der Waals surface area contributed by atoms with Crippen LogP contribution in [0.4, 0.5) is 0 Å². The molecule has 104 valence electrons. The predicted molar refractivity (Wildman–Crippen MR) is 79.9 cm³/mol. The Hall–Kier alpha value is -1.10. The van der Waals surface area contributed by atoms with Crippen molar-refractivity contribution >= 4 is 23.4 Å². The number of aromatic amines is 1. The minimum Gasteiger partial charge on any atom is -0.328 e. The fraction of sp³-hybridized carbons (Fsp3) is 0.714. The van der Waals surface area contributed by atoms with Gasteiger partial charge in [0.05, 0.1) is 5.69 Å². The summed E-state index contributed by atoms with van der Waals surface area (Å²) in [6.45, 7) is 6.83. The van der Waals surface area contributed by atoms with Gasteiger partial charge in [0.15, 0.2) is 10.4 Å². The molecule has 0 amide bonds. The van der Waals surface area contributed by atoms with Crippen molar-refractivity contribution in [1.29, 1.82) is 0 Å². The van der Waals surface area contributed by atoms with Crippen LogP contribution in [0.2, 0.25) is 0 Å². The average molecular weight is 278 g/mol. The first kappa shape index (κ1) is 12.9. The molecule has 0 saturated heterocycles. The first-order valence-corrected chi connectivity index (χ1v) is 7.61. The predicted octanol–water partition coefficient (Wildman–Crippen LogP) is 3.60. The smallest absolute Gasteiger partial charge is 0.179 e. The molecule has 2 aromatic rings. The lowest BCUT2D eigenvalue weighted by Crippen LogP contribution is -2.16. The quantitative estimate of drug-likeness (QED) is 0.852. The van der Waals surface area contributed by atoms with Crippen LogP contribution >= 0.6 is 12.2 Å². The van der Waals surface area contributed by atoms with E-state index in [0.29, 0.717) is 12.0 Å². The van der Waals surface area contributed by atoms with Gasteiger partial charge in [-0.05, 0) is 43.3 Å². The molecule has 4 nitrogen and oxygen atoms in total. The van der Waals surface area contributed by atoms with Gasteiger partial charge in [-0.3, -0.25) is 9.25 Å². The van der Waals surface area contributed by atoms with E-state index in [9.17, 15) is 0 Å². The Labute approximate surface area is 118 Å². The molecule has 0 aromatic carbocycles. The van der Waals surface area contributed by atoms with Gasteiger partial charge in [-0.25, -0.2) is 0 Å². The van der Waals surface area contributed by atoms with Gasteiger partial charge in [0.1, 0.15) is 5.52 Å². The second-order valence-electron chi connectivity index (χ2n) is 5.90. The van der Waals surface area contributed by atoms with Crippen molar-refractivity contribution in [1.82, 2.24) is 19.3 Å².